The molecule has 1 fully saturated rings. The second-order valence-corrected chi connectivity index (χ2v) is 5.61. The van der Waals surface area contributed by atoms with E-state index in [1.54, 1.807) is 0 Å². The molecule has 20 heavy (non-hydrogen) atoms. The van der Waals surface area contributed by atoms with Gasteiger partial charge in [0.2, 0.25) is 0 Å². The Labute approximate surface area is 117 Å². The molecule has 112 valence electrons. The molecule has 0 atom stereocenters. The number of alkyl halides is 3. The first-order valence-corrected chi connectivity index (χ1v) is 6.78. The van der Waals surface area contributed by atoms with Crippen LogP contribution >= 0.6 is 0 Å². The molecular formula is C14H20F3N3. The van der Waals surface area contributed by atoms with Crippen molar-refractivity contribution in [1.82, 2.24) is 9.88 Å². The SMILES string of the molecule is CN(C)C1(CNc2cc(C(F)(F)F)ccn2)CCCC1. The number of rotatable bonds is 4. The zero-order valence-corrected chi connectivity index (χ0v) is 11.8. The molecule has 1 aromatic rings. The summed E-state index contributed by atoms with van der Waals surface area (Å²) in [6.07, 6.45) is 1.32. The van der Waals surface area contributed by atoms with Gasteiger partial charge in [-0.3, -0.25) is 0 Å². The lowest BCUT2D eigenvalue weighted by molar-refractivity contribution is -0.137. The van der Waals surface area contributed by atoms with E-state index in [2.05, 4.69) is 15.2 Å². The van der Waals surface area contributed by atoms with Crippen LogP contribution in [0.25, 0.3) is 0 Å². The number of halogens is 3. The fourth-order valence-electron chi connectivity index (χ4n) is 2.77. The summed E-state index contributed by atoms with van der Waals surface area (Å²) in [6, 6.07) is 2.06. The van der Waals surface area contributed by atoms with Gasteiger partial charge in [-0.25, -0.2) is 4.98 Å². The van der Waals surface area contributed by atoms with Gasteiger partial charge in [-0.1, -0.05) is 12.8 Å². The standard InChI is InChI=1S/C14H20F3N3/c1-20(2)13(6-3-4-7-13)10-19-12-9-11(5-8-18-12)14(15,16)17/h5,8-9H,3-4,6-7,10H2,1-2H3,(H,18,19). The fraction of sp³-hybridized carbons (Fsp3) is 0.643. The van der Waals surface area contributed by atoms with Crippen molar-refractivity contribution in [2.24, 2.45) is 0 Å². The van der Waals surface area contributed by atoms with Gasteiger partial charge in [-0.05, 0) is 39.1 Å². The molecule has 6 heteroatoms. The monoisotopic (exact) mass is 287 g/mol. The molecule has 3 nitrogen and oxygen atoms in total. The van der Waals surface area contributed by atoms with Crippen LogP contribution in [0.2, 0.25) is 0 Å². The molecule has 1 aliphatic rings. The van der Waals surface area contributed by atoms with E-state index in [1.165, 1.54) is 6.20 Å². The molecule has 1 aliphatic carbocycles. The molecular weight excluding hydrogens is 267 g/mol. The number of aromatic nitrogens is 1. The third-order valence-electron chi connectivity index (χ3n) is 4.17. The largest absolute Gasteiger partial charge is 0.416 e. The van der Waals surface area contributed by atoms with Crippen LogP contribution in [0.5, 0.6) is 0 Å². The lowest BCUT2D eigenvalue weighted by Gasteiger charge is -2.36. The van der Waals surface area contributed by atoms with Gasteiger partial charge in [0, 0.05) is 18.3 Å². The van der Waals surface area contributed by atoms with Crippen LogP contribution in [0.3, 0.4) is 0 Å². The maximum atomic E-state index is 12.6. The summed E-state index contributed by atoms with van der Waals surface area (Å²) in [5, 5.41) is 3.07. The molecule has 0 spiro atoms. The lowest BCUT2D eigenvalue weighted by Crippen LogP contribution is -2.47. The van der Waals surface area contributed by atoms with Crippen LogP contribution in [-0.4, -0.2) is 36.1 Å². The van der Waals surface area contributed by atoms with Crippen molar-refractivity contribution >= 4 is 5.82 Å². The van der Waals surface area contributed by atoms with Crippen molar-refractivity contribution in [3.63, 3.8) is 0 Å². The molecule has 0 aromatic carbocycles. The van der Waals surface area contributed by atoms with E-state index in [0.717, 1.165) is 37.8 Å². The molecule has 1 saturated carbocycles. The minimum Gasteiger partial charge on any atom is -0.368 e. The molecule has 0 radical (unpaired) electrons. The zero-order chi connectivity index (χ0) is 14.8. The third-order valence-corrected chi connectivity index (χ3v) is 4.17. The normalized spacial score (nSPS) is 18.5. The van der Waals surface area contributed by atoms with Crippen LogP contribution < -0.4 is 5.32 Å². The Morgan fingerprint density at radius 2 is 1.95 bits per heavy atom. The highest BCUT2D eigenvalue weighted by molar-refractivity contribution is 5.39. The Balaban J connectivity index is 2.07. The average molecular weight is 287 g/mol. The van der Waals surface area contributed by atoms with Crippen molar-refractivity contribution < 1.29 is 13.2 Å². The predicted molar refractivity (Wildman–Crippen MR) is 72.6 cm³/mol. The maximum Gasteiger partial charge on any atom is 0.416 e. The molecule has 0 unspecified atom stereocenters. The van der Waals surface area contributed by atoms with Crippen LogP contribution in [-0.2, 0) is 6.18 Å². The second-order valence-electron chi connectivity index (χ2n) is 5.61. The van der Waals surface area contributed by atoms with E-state index < -0.39 is 11.7 Å². The van der Waals surface area contributed by atoms with E-state index in [-0.39, 0.29) is 11.4 Å². The molecule has 0 bridgehead atoms. The van der Waals surface area contributed by atoms with E-state index >= 15 is 0 Å². The Morgan fingerprint density at radius 3 is 2.50 bits per heavy atom. The lowest BCUT2D eigenvalue weighted by atomic mass is 9.96. The summed E-state index contributed by atoms with van der Waals surface area (Å²) in [7, 11) is 4.04. The highest BCUT2D eigenvalue weighted by Crippen LogP contribution is 2.34. The van der Waals surface area contributed by atoms with Gasteiger partial charge in [-0.15, -0.1) is 0 Å². The first kappa shape index (κ1) is 15.1. The Hall–Kier alpha value is -1.30. The molecule has 1 aromatic heterocycles. The zero-order valence-electron chi connectivity index (χ0n) is 11.8. The van der Waals surface area contributed by atoms with Gasteiger partial charge < -0.3 is 10.2 Å². The second kappa shape index (κ2) is 5.60. The van der Waals surface area contributed by atoms with Gasteiger partial charge in [0.25, 0.3) is 0 Å². The Kier molecular flexibility index (Phi) is 4.22. The van der Waals surface area contributed by atoms with Crippen molar-refractivity contribution in [2.45, 2.75) is 37.4 Å². The number of hydrogen-bond donors (Lipinski definition) is 1. The summed E-state index contributed by atoms with van der Waals surface area (Å²) in [5.74, 6) is 0.285. The van der Waals surface area contributed by atoms with Gasteiger partial charge in [0.15, 0.2) is 0 Å². The van der Waals surface area contributed by atoms with E-state index in [4.69, 9.17) is 0 Å². The summed E-state index contributed by atoms with van der Waals surface area (Å²) in [5.41, 5.74) is -0.643. The molecule has 2 rings (SSSR count). The summed E-state index contributed by atoms with van der Waals surface area (Å²) >= 11 is 0. The Bertz CT molecular complexity index is 451. The molecule has 1 N–H and O–H groups in total. The number of nitrogens with zero attached hydrogens (tertiary/aromatic N) is 2. The van der Waals surface area contributed by atoms with Gasteiger partial charge in [0.05, 0.1) is 5.56 Å². The third kappa shape index (κ3) is 3.23. The molecule has 0 amide bonds. The highest BCUT2D eigenvalue weighted by Gasteiger charge is 2.36. The molecule has 0 aliphatic heterocycles. The number of pyridine rings is 1. The molecule has 0 saturated heterocycles. The van der Waals surface area contributed by atoms with Crippen LogP contribution in [0.4, 0.5) is 19.0 Å². The summed E-state index contributed by atoms with van der Waals surface area (Å²) in [6.45, 7) is 0.619. The van der Waals surface area contributed by atoms with Gasteiger partial charge in [-0.2, -0.15) is 13.2 Å². The predicted octanol–water partition coefficient (Wildman–Crippen LogP) is 3.39. The van der Waals surface area contributed by atoms with Crippen LogP contribution in [0, 0.1) is 0 Å². The number of nitrogens with one attached hydrogen (secondary N) is 1. The fourth-order valence-corrected chi connectivity index (χ4v) is 2.77. The van der Waals surface area contributed by atoms with Crippen LogP contribution in [0.15, 0.2) is 18.3 Å². The van der Waals surface area contributed by atoms with Crippen molar-refractivity contribution in [3.05, 3.63) is 23.9 Å². The van der Waals surface area contributed by atoms with E-state index in [9.17, 15) is 13.2 Å². The van der Waals surface area contributed by atoms with E-state index in [0.29, 0.717) is 6.54 Å². The smallest absolute Gasteiger partial charge is 0.368 e. The van der Waals surface area contributed by atoms with E-state index in [1.807, 2.05) is 14.1 Å². The number of anilines is 1. The quantitative estimate of drug-likeness (QED) is 0.920. The van der Waals surface area contributed by atoms with Gasteiger partial charge >= 0.3 is 6.18 Å². The van der Waals surface area contributed by atoms with Crippen molar-refractivity contribution in [2.75, 3.05) is 26.0 Å². The topological polar surface area (TPSA) is 28.2 Å². The van der Waals surface area contributed by atoms with Crippen molar-refractivity contribution in [3.8, 4) is 0 Å². The first-order valence-electron chi connectivity index (χ1n) is 6.78. The average Bonchev–Trinajstić information content (AvgIpc) is 2.86. The highest BCUT2D eigenvalue weighted by atomic mass is 19.4. The number of hydrogen-bond acceptors (Lipinski definition) is 3. The minimum atomic E-state index is -4.33. The summed E-state index contributed by atoms with van der Waals surface area (Å²) < 4.78 is 37.9. The van der Waals surface area contributed by atoms with Gasteiger partial charge in [0.1, 0.15) is 5.82 Å². The minimum absolute atomic E-state index is 0.0237. The molecule has 1 heterocycles. The van der Waals surface area contributed by atoms with Crippen molar-refractivity contribution in [1.29, 1.82) is 0 Å². The first-order chi connectivity index (χ1) is 9.33. The summed E-state index contributed by atoms with van der Waals surface area (Å²) in [4.78, 5) is 6.14. The number of likely N-dealkylation sites (N-methyl/N-ethyl adjacent to an activating group) is 1. The van der Waals surface area contributed by atoms with Crippen LogP contribution in [0.1, 0.15) is 31.2 Å². The maximum absolute atomic E-state index is 12.6. The Morgan fingerprint density at radius 1 is 1.30 bits per heavy atom.